The number of rotatable bonds is 1. The largest absolute Gasteiger partial charge is 0.508 e. The van der Waals surface area contributed by atoms with Crippen LogP contribution in [0.5, 0.6) is 5.75 Å². The number of aromatic hydroxyl groups is 1. The molecule has 4 heteroatoms. The van der Waals surface area contributed by atoms with Crippen molar-refractivity contribution in [3.8, 4) is 5.75 Å². The molecular formula is C7H9BrClNO. The number of benzene rings is 1. The van der Waals surface area contributed by atoms with Crippen molar-refractivity contribution in [1.82, 2.24) is 0 Å². The first-order valence-electron chi connectivity index (χ1n) is 2.91. The maximum Gasteiger partial charge on any atom is 0.120 e. The summed E-state index contributed by atoms with van der Waals surface area (Å²) in [7, 11) is 0. The fourth-order valence-corrected chi connectivity index (χ4v) is 0.912. The standard InChI is InChI=1S/C7H8ClNO.BrH/c8-6-1-2-7(10)5(3-6)4-9;/h1-3,10H,4,9H2;1H. The van der Waals surface area contributed by atoms with Gasteiger partial charge in [-0.3, -0.25) is 0 Å². The summed E-state index contributed by atoms with van der Waals surface area (Å²) in [5, 5.41) is 9.69. The molecule has 3 N–H and O–H groups in total. The highest BCUT2D eigenvalue weighted by atomic mass is 79.9. The maximum atomic E-state index is 9.10. The Bertz CT molecular complexity index is 242. The molecule has 0 saturated heterocycles. The van der Waals surface area contributed by atoms with Crippen LogP contribution in [0.2, 0.25) is 5.02 Å². The first-order chi connectivity index (χ1) is 4.74. The molecule has 0 saturated carbocycles. The highest BCUT2D eigenvalue weighted by molar-refractivity contribution is 8.93. The topological polar surface area (TPSA) is 46.2 Å². The van der Waals surface area contributed by atoms with Crippen LogP contribution in [-0.4, -0.2) is 5.11 Å². The van der Waals surface area contributed by atoms with E-state index in [-0.39, 0.29) is 22.7 Å². The van der Waals surface area contributed by atoms with Crippen molar-refractivity contribution in [3.05, 3.63) is 28.8 Å². The molecule has 1 aromatic rings. The summed E-state index contributed by atoms with van der Waals surface area (Å²) < 4.78 is 0. The van der Waals surface area contributed by atoms with Crippen molar-refractivity contribution in [2.75, 3.05) is 0 Å². The predicted octanol–water partition coefficient (Wildman–Crippen LogP) is 2.08. The van der Waals surface area contributed by atoms with Gasteiger partial charge in [-0.25, -0.2) is 0 Å². The summed E-state index contributed by atoms with van der Waals surface area (Å²) in [6, 6.07) is 4.80. The van der Waals surface area contributed by atoms with Crippen LogP contribution in [0.1, 0.15) is 5.56 Å². The third kappa shape index (κ3) is 2.69. The zero-order valence-corrected chi connectivity index (χ0v) is 8.22. The van der Waals surface area contributed by atoms with Crippen LogP contribution < -0.4 is 5.73 Å². The van der Waals surface area contributed by atoms with Gasteiger partial charge in [0.2, 0.25) is 0 Å². The molecular weight excluding hydrogens is 229 g/mol. The van der Waals surface area contributed by atoms with Gasteiger partial charge in [0.15, 0.2) is 0 Å². The van der Waals surface area contributed by atoms with Gasteiger partial charge in [-0.15, -0.1) is 17.0 Å². The van der Waals surface area contributed by atoms with E-state index in [4.69, 9.17) is 22.4 Å². The Kier molecular flexibility index (Phi) is 4.49. The molecule has 0 bridgehead atoms. The molecule has 0 spiro atoms. The van der Waals surface area contributed by atoms with Crippen LogP contribution in [0, 0.1) is 0 Å². The third-order valence-corrected chi connectivity index (χ3v) is 1.50. The van der Waals surface area contributed by atoms with Gasteiger partial charge in [0, 0.05) is 17.1 Å². The average molecular weight is 239 g/mol. The van der Waals surface area contributed by atoms with Gasteiger partial charge >= 0.3 is 0 Å². The minimum Gasteiger partial charge on any atom is -0.508 e. The molecule has 11 heavy (non-hydrogen) atoms. The molecule has 1 aromatic carbocycles. The van der Waals surface area contributed by atoms with Crippen molar-refractivity contribution >= 4 is 28.6 Å². The van der Waals surface area contributed by atoms with E-state index in [1.165, 1.54) is 6.07 Å². The van der Waals surface area contributed by atoms with E-state index in [0.717, 1.165) is 0 Å². The summed E-state index contributed by atoms with van der Waals surface area (Å²) in [5.74, 6) is 0.201. The van der Waals surface area contributed by atoms with Crippen molar-refractivity contribution < 1.29 is 5.11 Å². The van der Waals surface area contributed by atoms with Crippen molar-refractivity contribution in [2.45, 2.75) is 6.54 Å². The van der Waals surface area contributed by atoms with Crippen LogP contribution in [-0.2, 0) is 6.54 Å². The molecule has 0 amide bonds. The quantitative estimate of drug-likeness (QED) is 0.787. The molecule has 62 valence electrons. The predicted molar refractivity (Wildman–Crippen MR) is 51.3 cm³/mol. The zero-order chi connectivity index (χ0) is 7.56. The van der Waals surface area contributed by atoms with Crippen LogP contribution in [0.15, 0.2) is 18.2 Å². The number of nitrogens with two attached hydrogens (primary N) is 1. The molecule has 0 aromatic heterocycles. The van der Waals surface area contributed by atoms with E-state index in [1.807, 2.05) is 0 Å². The van der Waals surface area contributed by atoms with Crippen LogP contribution in [0.4, 0.5) is 0 Å². The normalized spacial score (nSPS) is 8.91. The molecule has 1 rings (SSSR count). The fraction of sp³-hybridized carbons (Fsp3) is 0.143. The van der Waals surface area contributed by atoms with E-state index in [1.54, 1.807) is 12.1 Å². The van der Waals surface area contributed by atoms with Gasteiger partial charge in [0.25, 0.3) is 0 Å². The van der Waals surface area contributed by atoms with E-state index in [2.05, 4.69) is 0 Å². The van der Waals surface area contributed by atoms with Crippen molar-refractivity contribution in [3.63, 3.8) is 0 Å². The summed E-state index contributed by atoms with van der Waals surface area (Å²) in [4.78, 5) is 0. The molecule has 0 atom stereocenters. The Hall–Kier alpha value is -0.250. The Morgan fingerprint density at radius 2 is 2.09 bits per heavy atom. The zero-order valence-electron chi connectivity index (χ0n) is 5.75. The molecule has 0 aliphatic carbocycles. The number of halogens is 2. The smallest absolute Gasteiger partial charge is 0.120 e. The maximum absolute atomic E-state index is 9.10. The van der Waals surface area contributed by atoms with Gasteiger partial charge in [-0.1, -0.05) is 11.6 Å². The van der Waals surface area contributed by atoms with Gasteiger partial charge in [-0.05, 0) is 18.2 Å². The van der Waals surface area contributed by atoms with E-state index in [9.17, 15) is 0 Å². The Balaban J connectivity index is 0.000001000. The highest BCUT2D eigenvalue weighted by Crippen LogP contribution is 2.20. The fourth-order valence-electron chi connectivity index (χ4n) is 0.718. The summed E-state index contributed by atoms with van der Waals surface area (Å²) >= 11 is 5.63. The van der Waals surface area contributed by atoms with Gasteiger partial charge in [0.1, 0.15) is 5.75 Å². The van der Waals surface area contributed by atoms with Gasteiger partial charge < -0.3 is 10.8 Å². The molecule has 0 heterocycles. The Morgan fingerprint density at radius 1 is 1.45 bits per heavy atom. The van der Waals surface area contributed by atoms with Crippen molar-refractivity contribution in [2.24, 2.45) is 5.73 Å². The monoisotopic (exact) mass is 237 g/mol. The molecule has 0 aliphatic rings. The third-order valence-electron chi connectivity index (χ3n) is 1.26. The average Bonchev–Trinajstić information content (AvgIpc) is 1.94. The summed E-state index contributed by atoms with van der Waals surface area (Å²) in [5.41, 5.74) is 5.97. The minimum absolute atomic E-state index is 0. The summed E-state index contributed by atoms with van der Waals surface area (Å²) in [6.45, 7) is 0.312. The molecule has 0 fully saturated rings. The highest BCUT2D eigenvalue weighted by Gasteiger charge is 1.97. The lowest BCUT2D eigenvalue weighted by molar-refractivity contribution is 0.468. The molecule has 0 unspecified atom stereocenters. The first-order valence-corrected chi connectivity index (χ1v) is 3.29. The van der Waals surface area contributed by atoms with Crippen LogP contribution in [0.25, 0.3) is 0 Å². The van der Waals surface area contributed by atoms with Crippen molar-refractivity contribution in [1.29, 1.82) is 0 Å². The van der Waals surface area contributed by atoms with E-state index < -0.39 is 0 Å². The lowest BCUT2D eigenvalue weighted by Gasteiger charge is -1.99. The van der Waals surface area contributed by atoms with E-state index >= 15 is 0 Å². The molecule has 2 nitrogen and oxygen atoms in total. The van der Waals surface area contributed by atoms with Gasteiger partial charge in [0.05, 0.1) is 0 Å². The molecule has 0 radical (unpaired) electrons. The number of hydrogen-bond donors (Lipinski definition) is 2. The lowest BCUT2D eigenvalue weighted by atomic mass is 10.2. The number of phenolic OH excluding ortho intramolecular Hbond substituents is 1. The number of hydrogen-bond acceptors (Lipinski definition) is 2. The minimum atomic E-state index is 0. The van der Waals surface area contributed by atoms with Crippen LogP contribution >= 0.6 is 28.6 Å². The molecule has 0 aliphatic heterocycles. The SMILES string of the molecule is Br.NCc1cc(Cl)ccc1O. The van der Waals surface area contributed by atoms with Crippen LogP contribution in [0.3, 0.4) is 0 Å². The first kappa shape index (κ1) is 10.8. The Labute approximate surface area is 80.7 Å². The number of phenols is 1. The summed E-state index contributed by atoms with van der Waals surface area (Å²) in [6.07, 6.45) is 0. The second-order valence-corrected chi connectivity index (χ2v) is 2.41. The second-order valence-electron chi connectivity index (χ2n) is 1.98. The second kappa shape index (κ2) is 4.59. The van der Waals surface area contributed by atoms with Gasteiger partial charge in [-0.2, -0.15) is 0 Å². The van der Waals surface area contributed by atoms with E-state index in [0.29, 0.717) is 17.1 Å². The lowest BCUT2D eigenvalue weighted by Crippen LogP contribution is -1.95. The Morgan fingerprint density at radius 3 is 2.55 bits per heavy atom.